The van der Waals surface area contributed by atoms with Gasteiger partial charge in [-0.2, -0.15) is 0 Å². The number of aliphatic carboxylic acids is 1. The lowest BCUT2D eigenvalue weighted by Gasteiger charge is -2.35. The number of ether oxygens (including phenoxy) is 3. The molecule has 0 aliphatic heterocycles. The highest BCUT2D eigenvalue weighted by Crippen LogP contribution is 2.21. The lowest BCUT2D eigenvalue weighted by Crippen LogP contribution is -2.61. The van der Waals surface area contributed by atoms with E-state index in [-0.39, 0.29) is 13.2 Å². The standard InChI is InChI=1S/C18H34O6/c1-5-9-12-22-15(8-4)16(19)18(17(20)21,23-13-10-6-2)24-14-11-7-3/h15H,5-14H2,1-4H3,(H,20,21)/p-1. The Labute approximate surface area is 145 Å². The van der Waals surface area contributed by atoms with Gasteiger partial charge in [0.05, 0.1) is 13.2 Å². The van der Waals surface area contributed by atoms with Gasteiger partial charge in [0.25, 0.3) is 5.79 Å². The van der Waals surface area contributed by atoms with Crippen molar-refractivity contribution in [2.45, 2.75) is 84.5 Å². The van der Waals surface area contributed by atoms with Crippen LogP contribution < -0.4 is 5.11 Å². The first-order valence-electron chi connectivity index (χ1n) is 9.15. The zero-order valence-electron chi connectivity index (χ0n) is 15.6. The molecular formula is C18H33O6-. The molecule has 0 amide bonds. The van der Waals surface area contributed by atoms with Gasteiger partial charge in [-0.3, -0.25) is 4.79 Å². The Bertz CT molecular complexity index is 345. The van der Waals surface area contributed by atoms with Crippen LogP contribution in [0.5, 0.6) is 0 Å². The molecular weight excluding hydrogens is 312 g/mol. The Kier molecular flexibility index (Phi) is 12.8. The molecule has 6 nitrogen and oxygen atoms in total. The fraction of sp³-hybridized carbons (Fsp3) is 0.889. The highest BCUT2D eigenvalue weighted by molar-refractivity contribution is 6.06. The number of unbranched alkanes of at least 4 members (excludes halogenated alkanes) is 3. The summed E-state index contributed by atoms with van der Waals surface area (Å²) in [5.41, 5.74) is 0. The molecule has 0 rings (SSSR count). The highest BCUT2D eigenvalue weighted by atomic mass is 16.7. The van der Waals surface area contributed by atoms with Crippen molar-refractivity contribution in [2.24, 2.45) is 0 Å². The molecule has 0 aromatic heterocycles. The van der Waals surface area contributed by atoms with E-state index in [1.54, 1.807) is 6.92 Å². The van der Waals surface area contributed by atoms with Crippen molar-refractivity contribution in [1.29, 1.82) is 0 Å². The maximum absolute atomic E-state index is 12.8. The van der Waals surface area contributed by atoms with E-state index in [0.29, 0.717) is 25.9 Å². The van der Waals surface area contributed by atoms with Gasteiger partial charge in [-0.1, -0.05) is 47.0 Å². The lowest BCUT2D eigenvalue weighted by atomic mass is 10.0. The van der Waals surface area contributed by atoms with E-state index < -0.39 is 23.6 Å². The van der Waals surface area contributed by atoms with Crippen molar-refractivity contribution in [3.05, 3.63) is 0 Å². The molecule has 0 heterocycles. The van der Waals surface area contributed by atoms with E-state index in [4.69, 9.17) is 14.2 Å². The fourth-order valence-corrected chi connectivity index (χ4v) is 2.08. The maximum Gasteiger partial charge on any atom is 0.273 e. The molecule has 0 aromatic rings. The third-order valence-corrected chi connectivity index (χ3v) is 3.68. The number of hydrogen-bond acceptors (Lipinski definition) is 6. The Morgan fingerprint density at radius 3 is 1.71 bits per heavy atom. The van der Waals surface area contributed by atoms with Crippen molar-refractivity contribution >= 4 is 11.8 Å². The molecule has 0 radical (unpaired) electrons. The van der Waals surface area contributed by atoms with Crippen molar-refractivity contribution in [1.82, 2.24) is 0 Å². The molecule has 0 spiro atoms. The second-order valence-electron chi connectivity index (χ2n) is 5.79. The predicted molar refractivity (Wildman–Crippen MR) is 89.4 cm³/mol. The van der Waals surface area contributed by atoms with Gasteiger partial charge < -0.3 is 24.1 Å². The third-order valence-electron chi connectivity index (χ3n) is 3.68. The van der Waals surface area contributed by atoms with Crippen LogP contribution in [-0.2, 0) is 23.8 Å². The van der Waals surface area contributed by atoms with Crippen molar-refractivity contribution in [3.63, 3.8) is 0 Å². The Hall–Kier alpha value is -0.980. The van der Waals surface area contributed by atoms with Gasteiger partial charge in [-0.15, -0.1) is 0 Å². The number of rotatable bonds is 16. The molecule has 0 saturated heterocycles. The number of ketones is 1. The number of carboxylic acid groups (broad SMARTS) is 1. The number of carboxylic acids is 1. The lowest BCUT2D eigenvalue weighted by molar-refractivity contribution is -0.351. The summed E-state index contributed by atoms with van der Waals surface area (Å²) in [6.45, 7) is 8.32. The fourth-order valence-electron chi connectivity index (χ4n) is 2.08. The van der Waals surface area contributed by atoms with Crippen LogP contribution in [-0.4, -0.2) is 43.5 Å². The number of carbonyl (C=O) groups is 2. The third kappa shape index (κ3) is 7.28. The second kappa shape index (κ2) is 13.3. The van der Waals surface area contributed by atoms with Gasteiger partial charge in [0.15, 0.2) is 0 Å². The number of Topliss-reactive ketones (excluding diaryl/α,β-unsaturated/α-hetero) is 1. The van der Waals surface area contributed by atoms with Crippen LogP contribution in [0.15, 0.2) is 0 Å². The summed E-state index contributed by atoms with van der Waals surface area (Å²) < 4.78 is 16.4. The molecule has 0 aromatic carbocycles. The summed E-state index contributed by atoms with van der Waals surface area (Å²) in [7, 11) is 0. The van der Waals surface area contributed by atoms with Gasteiger partial charge in [0.2, 0.25) is 5.78 Å². The van der Waals surface area contributed by atoms with Crippen LogP contribution in [0, 0.1) is 0 Å². The van der Waals surface area contributed by atoms with Crippen LogP contribution in [0.2, 0.25) is 0 Å². The van der Waals surface area contributed by atoms with Crippen LogP contribution in [0.4, 0.5) is 0 Å². The van der Waals surface area contributed by atoms with E-state index >= 15 is 0 Å². The maximum atomic E-state index is 12.8. The predicted octanol–water partition coefficient (Wildman–Crippen LogP) is 2.23. The minimum Gasteiger partial charge on any atom is -0.544 e. The van der Waals surface area contributed by atoms with Crippen molar-refractivity contribution in [2.75, 3.05) is 19.8 Å². The van der Waals surface area contributed by atoms with Crippen LogP contribution in [0.1, 0.15) is 72.6 Å². The quantitative estimate of drug-likeness (QED) is 0.242. The average molecular weight is 345 g/mol. The molecule has 0 N–H and O–H groups in total. The summed E-state index contributed by atoms with van der Waals surface area (Å²) >= 11 is 0. The molecule has 1 unspecified atom stereocenters. The van der Waals surface area contributed by atoms with Crippen LogP contribution >= 0.6 is 0 Å². The highest BCUT2D eigenvalue weighted by Gasteiger charge is 2.46. The first-order valence-corrected chi connectivity index (χ1v) is 9.15. The molecule has 6 heteroatoms. The number of hydrogen-bond donors (Lipinski definition) is 0. The first kappa shape index (κ1) is 23.0. The Morgan fingerprint density at radius 1 is 0.875 bits per heavy atom. The molecule has 0 aliphatic carbocycles. The van der Waals surface area contributed by atoms with E-state index in [2.05, 4.69) is 0 Å². The van der Waals surface area contributed by atoms with Gasteiger partial charge in [0.1, 0.15) is 12.1 Å². The average Bonchev–Trinajstić information content (AvgIpc) is 2.57. The summed E-state index contributed by atoms with van der Waals surface area (Å²) in [6.07, 6.45) is 4.10. The molecule has 142 valence electrons. The topological polar surface area (TPSA) is 84.9 Å². The van der Waals surface area contributed by atoms with Gasteiger partial charge >= 0.3 is 0 Å². The molecule has 0 saturated carbocycles. The molecule has 0 aliphatic rings. The summed E-state index contributed by atoms with van der Waals surface area (Å²) in [4.78, 5) is 24.6. The van der Waals surface area contributed by atoms with Crippen molar-refractivity contribution < 1.29 is 28.9 Å². The van der Waals surface area contributed by atoms with Crippen LogP contribution in [0.3, 0.4) is 0 Å². The first-order chi connectivity index (χ1) is 11.5. The smallest absolute Gasteiger partial charge is 0.273 e. The SMILES string of the molecule is CCCCOC(CC)C(=O)C(OCCCC)(OCCCC)C(=O)[O-]. The Balaban J connectivity index is 5.25. The molecule has 1 atom stereocenters. The van der Waals surface area contributed by atoms with E-state index in [0.717, 1.165) is 25.7 Å². The largest absolute Gasteiger partial charge is 0.544 e. The minimum absolute atomic E-state index is 0.119. The second-order valence-corrected chi connectivity index (χ2v) is 5.79. The zero-order chi connectivity index (χ0) is 18.4. The molecule has 0 bridgehead atoms. The normalized spacial score (nSPS) is 13.0. The van der Waals surface area contributed by atoms with Gasteiger partial charge in [0, 0.05) is 6.61 Å². The summed E-state index contributed by atoms with van der Waals surface area (Å²) in [5, 5.41) is 11.8. The molecule has 24 heavy (non-hydrogen) atoms. The van der Waals surface area contributed by atoms with Crippen molar-refractivity contribution in [3.8, 4) is 0 Å². The van der Waals surface area contributed by atoms with E-state index in [1.807, 2.05) is 20.8 Å². The minimum atomic E-state index is -2.38. The summed E-state index contributed by atoms with van der Waals surface area (Å²) in [5.74, 6) is -4.75. The van der Waals surface area contributed by atoms with E-state index in [9.17, 15) is 14.7 Å². The Morgan fingerprint density at radius 2 is 1.33 bits per heavy atom. The van der Waals surface area contributed by atoms with Gasteiger partial charge in [-0.25, -0.2) is 0 Å². The van der Waals surface area contributed by atoms with Gasteiger partial charge in [-0.05, 0) is 25.7 Å². The van der Waals surface area contributed by atoms with Crippen LogP contribution in [0.25, 0.3) is 0 Å². The monoisotopic (exact) mass is 345 g/mol. The zero-order valence-corrected chi connectivity index (χ0v) is 15.6. The number of carbonyl (C=O) groups excluding carboxylic acids is 2. The van der Waals surface area contributed by atoms with E-state index in [1.165, 1.54) is 0 Å². The molecule has 0 fully saturated rings. The summed E-state index contributed by atoms with van der Waals surface area (Å²) in [6, 6.07) is 0.